The van der Waals surface area contributed by atoms with Crippen LogP contribution in [0.15, 0.2) is 24.5 Å². The molecular formula is C14H19N5O. The Kier molecular flexibility index (Phi) is 4.34. The zero-order chi connectivity index (χ0) is 14.5. The molecule has 1 heterocycles. The van der Waals surface area contributed by atoms with E-state index in [1.54, 1.807) is 13.4 Å². The summed E-state index contributed by atoms with van der Waals surface area (Å²) in [6.45, 7) is 2.50. The van der Waals surface area contributed by atoms with Crippen molar-refractivity contribution in [3.8, 4) is 0 Å². The average Bonchev–Trinajstić information content (AvgIpc) is 2.84. The molecule has 0 fully saturated rings. The Balaban J connectivity index is 1.98. The molecule has 1 amide bonds. The van der Waals surface area contributed by atoms with Gasteiger partial charge in [0.15, 0.2) is 0 Å². The van der Waals surface area contributed by atoms with Crippen molar-refractivity contribution < 1.29 is 4.79 Å². The van der Waals surface area contributed by atoms with Crippen LogP contribution in [0.3, 0.4) is 0 Å². The van der Waals surface area contributed by atoms with E-state index in [1.165, 1.54) is 0 Å². The molecule has 106 valence electrons. The lowest BCUT2D eigenvalue weighted by Gasteiger charge is -2.10. The maximum atomic E-state index is 12.2. The minimum Gasteiger partial charge on any atom is -0.387 e. The third kappa shape index (κ3) is 3.14. The van der Waals surface area contributed by atoms with Gasteiger partial charge in [-0.05, 0) is 19.1 Å². The zero-order valence-corrected chi connectivity index (χ0v) is 12.0. The van der Waals surface area contributed by atoms with E-state index in [2.05, 4.69) is 20.8 Å². The smallest absolute Gasteiger partial charge is 0.253 e. The van der Waals surface area contributed by atoms with Gasteiger partial charge in [-0.3, -0.25) is 4.79 Å². The van der Waals surface area contributed by atoms with E-state index in [-0.39, 0.29) is 5.91 Å². The number of hydrogen-bond donors (Lipinski definition) is 2. The Bertz CT molecular complexity index is 605. The summed E-state index contributed by atoms with van der Waals surface area (Å²) in [6.07, 6.45) is 2.31. The Labute approximate surface area is 118 Å². The highest BCUT2D eigenvalue weighted by molar-refractivity contribution is 5.99. The van der Waals surface area contributed by atoms with Crippen LogP contribution in [0.25, 0.3) is 0 Å². The zero-order valence-electron chi connectivity index (χ0n) is 12.0. The lowest BCUT2D eigenvalue weighted by molar-refractivity contribution is 0.0954. The maximum absolute atomic E-state index is 12.2. The number of amides is 1. The van der Waals surface area contributed by atoms with Crippen LogP contribution < -0.4 is 10.6 Å². The van der Waals surface area contributed by atoms with Gasteiger partial charge in [0.2, 0.25) is 0 Å². The summed E-state index contributed by atoms with van der Waals surface area (Å²) in [5.74, 6) is 0.767. The summed E-state index contributed by atoms with van der Waals surface area (Å²) in [5, 5.41) is 13.7. The molecule has 1 aromatic carbocycles. The third-order valence-corrected chi connectivity index (χ3v) is 3.13. The predicted octanol–water partition coefficient (Wildman–Crippen LogP) is 1.14. The van der Waals surface area contributed by atoms with Gasteiger partial charge in [0.05, 0.1) is 5.56 Å². The average molecular weight is 273 g/mol. The van der Waals surface area contributed by atoms with Crippen LogP contribution >= 0.6 is 0 Å². The van der Waals surface area contributed by atoms with E-state index in [4.69, 9.17) is 0 Å². The Morgan fingerprint density at radius 2 is 2.20 bits per heavy atom. The molecule has 0 radical (unpaired) electrons. The summed E-state index contributed by atoms with van der Waals surface area (Å²) in [4.78, 5) is 12.2. The van der Waals surface area contributed by atoms with Gasteiger partial charge in [0, 0.05) is 32.7 Å². The molecule has 6 nitrogen and oxygen atoms in total. The number of rotatable bonds is 5. The maximum Gasteiger partial charge on any atom is 0.253 e. The second-order valence-corrected chi connectivity index (χ2v) is 4.66. The standard InChI is InChI=1S/C14H19N5O/c1-10-4-5-12(15-2)11(8-10)14(20)16-7-6-13-18-17-9-19(13)3/h4-5,8-9,15H,6-7H2,1-3H3,(H,16,20). The summed E-state index contributed by atoms with van der Waals surface area (Å²) < 4.78 is 1.85. The van der Waals surface area contributed by atoms with E-state index in [0.29, 0.717) is 18.5 Å². The number of anilines is 1. The lowest BCUT2D eigenvalue weighted by Crippen LogP contribution is -2.27. The number of carbonyl (C=O) groups excluding carboxylic acids is 1. The predicted molar refractivity (Wildman–Crippen MR) is 77.8 cm³/mol. The van der Waals surface area contributed by atoms with E-state index in [1.807, 2.05) is 36.7 Å². The molecule has 6 heteroatoms. The molecule has 1 aromatic heterocycles. The molecule has 0 saturated heterocycles. The number of carbonyl (C=O) groups is 1. The molecule has 0 aliphatic carbocycles. The highest BCUT2D eigenvalue weighted by Gasteiger charge is 2.11. The Morgan fingerprint density at radius 1 is 1.40 bits per heavy atom. The normalized spacial score (nSPS) is 10.3. The molecule has 2 rings (SSSR count). The highest BCUT2D eigenvalue weighted by Crippen LogP contribution is 2.16. The fraction of sp³-hybridized carbons (Fsp3) is 0.357. The molecule has 0 unspecified atom stereocenters. The molecule has 0 aliphatic heterocycles. The van der Waals surface area contributed by atoms with Gasteiger partial charge < -0.3 is 15.2 Å². The molecule has 2 N–H and O–H groups in total. The van der Waals surface area contributed by atoms with Crippen LogP contribution in [0.5, 0.6) is 0 Å². The monoisotopic (exact) mass is 273 g/mol. The summed E-state index contributed by atoms with van der Waals surface area (Å²) >= 11 is 0. The van der Waals surface area contributed by atoms with Crippen molar-refractivity contribution in [2.75, 3.05) is 18.9 Å². The van der Waals surface area contributed by atoms with Gasteiger partial charge in [-0.25, -0.2) is 0 Å². The quantitative estimate of drug-likeness (QED) is 0.857. The SMILES string of the molecule is CNc1ccc(C)cc1C(=O)NCCc1nncn1C. The number of nitrogens with one attached hydrogen (secondary N) is 2. The van der Waals surface area contributed by atoms with Crippen molar-refractivity contribution in [1.82, 2.24) is 20.1 Å². The van der Waals surface area contributed by atoms with Gasteiger partial charge in [0.1, 0.15) is 12.2 Å². The Hall–Kier alpha value is -2.37. The highest BCUT2D eigenvalue weighted by atomic mass is 16.1. The van der Waals surface area contributed by atoms with Crippen molar-refractivity contribution in [2.45, 2.75) is 13.3 Å². The van der Waals surface area contributed by atoms with Crippen molar-refractivity contribution >= 4 is 11.6 Å². The van der Waals surface area contributed by atoms with Gasteiger partial charge in [0.25, 0.3) is 5.91 Å². The van der Waals surface area contributed by atoms with Crippen LogP contribution in [0.1, 0.15) is 21.7 Å². The van der Waals surface area contributed by atoms with E-state index in [9.17, 15) is 4.79 Å². The minimum atomic E-state index is -0.0831. The van der Waals surface area contributed by atoms with Crippen molar-refractivity contribution in [2.24, 2.45) is 7.05 Å². The molecule has 0 aliphatic rings. The fourth-order valence-electron chi connectivity index (χ4n) is 1.98. The largest absolute Gasteiger partial charge is 0.387 e. The summed E-state index contributed by atoms with van der Waals surface area (Å²) in [7, 11) is 3.69. The number of hydrogen-bond acceptors (Lipinski definition) is 4. The minimum absolute atomic E-state index is 0.0831. The summed E-state index contributed by atoms with van der Waals surface area (Å²) in [5.41, 5.74) is 2.54. The van der Waals surface area contributed by atoms with Gasteiger partial charge in [-0.2, -0.15) is 0 Å². The first-order chi connectivity index (χ1) is 9.61. The van der Waals surface area contributed by atoms with Gasteiger partial charge >= 0.3 is 0 Å². The topological polar surface area (TPSA) is 71.8 Å². The fourth-order valence-corrected chi connectivity index (χ4v) is 1.98. The number of benzene rings is 1. The van der Waals surface area contributed by atoms with E-state index >= 15 is 0 Å². The van der Waals surface area contributed by atoms with Crippen molar-refractivity contribution in [1.29, 1.82) is 0 Å². The first-order valence-corrected chi connectivity index (χ1v) is 6.51. The number of nitrogens with zero attached hydrogens (tertiary/aromatic N) is 3. The summed E-state index contributed by atoms with van der Waals surface area (Å²) in [6, 6.07) is 5.76. The lowest BCUT2D eigenvalue weighted by atomic mass is 10.1. The molecule has 0 bridgehead atoms. The second kappa shape index (κ2) is 6.18. The van der Waals surface area contributed by atoms with Crippen LogP contribution in [0.2, 0.25) is 0 Å². The third-order valence-electron chi connectivity index (χ3n) is 3.13. The number of aromatic nitrogens is 3. The van der Waals surface area contributed by atoms with Crippen molar-refractivity contribution in [3.63, 3.8) is 0 Å². The Morgan fingerprint density at radius 3 is 2.85 bits per heavy atom. The first kappa shape index (κ1) is 14.0. The second-order valence-electron chi connectivity index (χ2n) is 4.66. The van der Waals surface area contributed by atoms with Gasteiger partial charge in [-0.15, -0.1) is 10.2 Å². The van der Waals surface area contributed by atoms with Crippen LogP contribution in [0, 0.1) is 6.92 Å². The molecule has 2 aromatic rings. The van der Waals surface area contributed by atoms with Crippen LogP contribution in [-0.4, -0.2) is 34.3 Å². The first-order valence-electron chi connectivity index (χ1n) is 6.51. The van der Waals surface area contributed by atoms with Crippen LogP contribution in [-0.2, 0) is 13.5 Å². The molecular weight excluding hydrogens is 254 g/mol. The van der Waals surface area contributed by atoms with Crippen molar-refractivity contribution in [3.05, 3.63) is 41.5 Å². The van der Waals surface area contributed by atoms with E-state index in [0.717, 1.165) is 17.1 Å². The molecule has 0 atom stereocenters. The van der Waals surface area contributed by atoms with Gasteiger partial charge in [-0.1, -0.05) is 11.6 Å². The molecule has 0 saturated carbocycles. The molecule has 20 heavy (non-hydrogen) atoms. The van der Waals surface area contributed by atoms with Crippen LogP contribution in [0.4, 0.5) is 5.69 Å². The molecule has 0 spiro atoms. The number of aryl methyl sites for hydroxylation is 2. The van der Waals surface area contributed by atoms with E-state index < -0.39 is 0 Å².